The van der Waals surface area contributed by atoms with Gasteiger partial charge in [0.1, 0.15) is 14.1 Å². The molecule has 1 saturated carbocycles. The molecule has 2 aliphatic carbocycles. The lowest BCUT2D eigenvalue weighted by molar-refractivity contribution is -0.671. The quantitative estimate of drug-likeness (QED) is 0.321. The van der Waals surface area contributed by atoms with Gasteiger partial charge in [0, 0.05) is 33.1 Å². The van der Waals surface area contributed by atoms with E-state index < -0.39 is 38.4 Å². The molecule has 6 rings (SSSR count). The van der Waals surface area contributed by atoms with Gasteiger partial charge in [-0.05, 0) is 49.3 Å². The Bertz CT molecular complexity index is 1410. The summed E-state index contributed by atoms with van der Waals surface area (Å²) in [4.78, 5) is 1.13. The number of halogens is 6. The number of rotatable bonds is 2. The highest BCUT2D eigenvalue weighted by atomic mass is 32.2. The third kappa shape index (κ3) is 2.94. The van der Waals surface area contributed by atoms with E-state index in [0.29, 0.717) is 20.9 Å². The molecule has 0 aromatic carbocycles. The number of allylic oxidation sites excluding steroid dienone is 4. The molecule has 0 bridgehead atoms. The maximum atomic E-state index is 15.4. The van der Waals surface area contributed by atoms with Gasteiger partial charge in [-0.3, -0.25) is 0 Å². The molecule has 0 N–H and O–H groups in total. The van der Waals surface area contributed by atoms with E-state index in [2.05, 4.69) is 0 Å². The molecule has 0 saturated heterocycles. The number of fused-ring (bicyclic) bond motifs is 4. The van der Waals surface area contributed by atoms with Crippen LogP contribution in [0.5, 0.6) is 0 Å². The molecular formula is C27H22F6N2S2+2. The van der Waals surface area contributed by atoms with Crippen molar-refractivity contribution in [1.82, 2.24) is 0 Å². The Balaban J connectivity index is 1.66. The highest BCUT2D eigenvalue weighted by molar-refractivity contribution is 8.14. The summed E-state index contributed by atoms with van der Waals surface area (Å²) >= 11 is 2.52. The van der Waals surface area contributed by atoms with Crippen LogP contribution in [0, 0.1) is 0 Å². The first-order valence-corrected chi connectivity index (χ1v) is 13.2. The summed E-state index contributed by atoms with van der Waals surface area (Å²) in [6, 6.07) is 7.13. The molecule has 1 fully saturated rings. The second kappa shape index (κ2) is 7.34. The Hall–Kier alpha value is -2.46. The molecule has 2 aromatic heterocycles. The maximum Gasteiger partial charge on any atom is 0.380 e. The summed E-state index contributed by atoms with van der Waals surface area (Å²) in [5, 5.41) is 0. The van der Waals surface area contributed by atoms with Crippen molar-refractivity contribution in [2.45, 2.75) is 41.1 Å². The molecule has 192 valence electrons. The lowest BCUT2D eigenvalue weighted by atomic mass is 9.71. The van der Waals surface area contributed by atoms with Crippen molar-refractivity contribution in [3.8, 4) is 0 Å². The van der Waals surface area contributed by atoms with Gasteiger partial charge in [0.05, 0.1) is 20.6 Å². The summed E-state index contributed by atoms with van der Waals surface area (Å²) in [5.74, 6) is -15.6. The summed E-state index contributed by atoms with van der Waals surface area (Å²) in [7, 11) is 3.60. The second-order valence-electron chi connectivity index (χ2n) is 10.1. The van der Waals surface area contributed by atoms with E-state index in [9.17, 15) is 8.78 Å². The van der Waals surface area contributed by atoms with Gasteiger partial charge in [-0.2, -0.15) is 26.3 Å². The van der Waals surface area contributed by atoms with Crippen LogP contribution in [0.25, 0.3) is 9.81 Å². The average molecular weight is 553 g/mol. The largest absolute Gasteiger partial charge is 0.380 e. The summed E-state index contributed by atoms with van der Waals surface area (Å²) < 4.78 is 92.5. The predicted molar refractivity (Wildman–Crippen MR) is 132 cm³/mol. The number of thioether (sulfide) groups is 2. The fourth-order valence-electron chi connectivity index (χ4n) is 5.66. The molecule has 4 heterocycles. The topological polar surface area (TPSA) is 7.76 Å². The van der Waals surface area contributed by atoms with Gasteiger partial charge in [-0.15, -0.1) is 23.5 Å². The van der Waals surface area contributed by atoms with Crippen LogP contribution in [0.15, 0.2) is 83.5 Å². The van der Waals surface area contributed by atoms with Gasteiger partial charge in [0.15, 0.2) is 24.8 Å². The Morgan fingerprint density at radius 1 is 0.649 bits per heavy atom. The van der Waals surface area contributed by atoms with Crippen molar-refractivity contribution in [2.75, 3.05) is 0 Å². The van der Waals surface area contributed by atoms with Crippen LogP contribution < -0.4 is 9.13 Å². The van der Waals surface area contributed by atoms with Crippen LogP contribution in [0.2, 0.25) is 0 Å². The van der Waals surface area contributed by atoms with Gasteiger partial charge in [0.2, 0.25) is 0 Å². The van der Waals surface area contributed by atoms with Crippen LogP contribution >= 0.6 is 23.5 Å². The van der Waals surface area contributed by atoms with Crippen molar-refractivity contribution in [2.24, 2.45) is 14.1 Å². The highest BCUT2D eigenvalue weighted by Crippen LogP contribution is 2.75. The number of hydrogen-bond donors (Lipinski definition) is 0. The molecule has 4 aliphatic rings. The third-order valence-electron chi connectivity index (χ3n) is 7.77. The first-order chi connectivity index (χ1) is 17.1. The predicted octanol–water partition coefficient (Wildman–Crippen LogP) is 6.25. The number of aryl methyl sites for hydroxylation is 2. The average Bonchev–Trinajstić information content (AvgIpc) is 3.39. The van der Waals surface area contributed by atoms with Gasteiger partial charge in [-0.25, -0.2) is 9.13 Å². The van der Waals surface area contributed by atoms with Gasteiger partial charge >= 0.3 is 17.8 Å². The molecule has 0 unspecified atom stereocenters. The number of aromatic nitrogens is 2. The minimum Gasteiger partial charge on any atom is -0.207 e. The molecule has 0 radical (unpaired) electrons. The summed E-state index contributed by atoms with van der Waals surface area (Å²) in [6.07, 6.45) is 9.98. The fourth-order valence-corrected chi connectivity index (χ4v) is 8.77. The molecule has 2 aromatic rings. The zero-order valence-corrected chi connectivity index (χ0v) is 21.9. The van der Waals surface area contributed by atoms with Crippen LogP contribution in [0.1, 0.15) is 25.0 Å². The van der Waals surface area contributed by atoms with Crippen LogP contribution in [0.3, 0.4) is 0 Å². The Kier molecular flexibility index (Phi) is 4.93. The van der Waals surface area contributed by atoms with Crippen LogP contribution in [0.4, 0.5) is 26.3 Å². The number of alkyl halides is 6. The number of nitrogens with zero attached hydrogens (tertiary/aromatic N) is 2. The summed E-state index contributed by atoms with van der Waals surface area (Å²) in [5.41, 5.74) is -1.42. The molecule has 37 heavy (non-hydrogen) atoms. The Morgan fingerprint density at radius 3 is 1.38 bits per heavy atom. The molecule has 0 amide bonds. The lowest BCUT2D eigenvalue weighted by Gasteiger charge is -2.47. The van der Waals surface area contributed by atoms with Crippen molar-refractivity contribution < 1.29 is 35.5 Å². The monoisotopic (exact) mass is 552 g/mol. The first-order valence-electron chi connectivity index (χ1n) is 11.5. The molecule has 2 aliphatic heterocycles. The van der Waals surface area contributed by atoms with E-state index >= 15 is 17.6 Å². The third-order valence-corrected chi connectivity index (χ3v) is 11.1. The van der Waals surface area contributed by atoms with E-state index in [1.807, 2.05) is 0 Å². The lowest BCUT2D eigenvalue weighted by Crippen LogP contribution is -2.48. The van der Waals surface area contributed by atoms with Gasteiger partial charge in [-0.1, -0.05) is 0 Å². The summed E-state index contributed by atoms with van der Waals surface area (Å²) in [6.45, 7) is 3.39. The number of hydrogen-bond acceptors (Lipinski definition) is 2. The van der Waals surface area contributed by atoms with Crippen molar-refractivity contribution in [1.29, 1.82) is 0 Å². The molecule has 10 heteroatoms. The SMILES string of the molecule is C[n+]1cccc(C2=CC3=C4C(=C5C=C(c6ccc[n+](C)c6)S[C@@]5(C)[C@]3(C)S2)C(F)(F)C(F)(F)C4(F)F)c1. The Labute approximate surface area is 218 Å². The van der Waals surface area contributed by atoms with Gasteiger partial charge < -0.3 is 0 Å². The van der Waals surface area contributed by atoms with Crippen LogP contribution in [-0.2, 0) is 14.1 Å². The maximum absolute atomic E-state index is 15.4. The molecule has 2 nitrogen and oxygen atoms in total. The minimum absolute atomic E-state index is 0.164. The van der Waals surface area contributed by atoms with E-state index in [-0.39, 0.29) is 11.1 Å². The molecular weight excluding hydrogens is 530 g/mol. The molecule has 0 spiro atoms. The molecule has 2 atom stereocenters. The van der Waals surface area contributed by atoms with E-state index in [1.54, 1.807) is 86.1 Å². The second-order valence-corrected chi connectivity index (χ2v) is 13.0. The smallest absolute Gasteiger partial charge is 0.207 e. The van der Waals surface area contributed by atoms with Gasteiger partial charge in [0.25, 0.3) is 0 Å². The zero-order valence-electron chi connectivity index (χ0n) is 20.3. The van der Waals surface area contributed by atoms with Crippen LogP contribution in [-0.4, -0.2) is 27.3 Å². The van der Waals surface area contributed by atoms with Crippen molar-refractivity contribution in [3.05, 3.63) is 94.6 Å². The van der Waals surface area contributed by atoms with E-state index in [0.717, 1.165) is 0 Å². The number of pyridine rings is 2. The van der Waals surface area contributed by atoms with E-state index in [1.165, 1.54) is 35.7 Å². The van der Waals surface area contributed by atoms with Crippen molar-refractivity contribution in [3.63, 3.8) is 0 Å². The Morgan fingerprint density at radius 2 is 1.03 bits per heavy atom. The van der Waals surface area contributed by atoms with Crippen molar-refractivity contribution >= 4 is 33.3 Å². The first kappa shape index (κ1) is 24.9. The fraction of sp³-hybridized carbons (Fsp3) is 0.333. The minimum atomic E-state index is -5.56. The van der Waals surface area contributed by atoms with E-state index in [4.69, 9.17) is 0 Å². The zero-order chi connectivity index (χ0) is 26.8. The normalized spacial score (nSPS) is 30.6. The standard InChI is InChI=1S/C27H22F6N2S2/c1-23-17(11-19(36-23)15-7-5-9-34(3)13-15)21-22(26(30,31)27(32,33)25(21,28)29)18-12-20(37-24(18,23)2)16-8-6-10-35(4)14-16/h5-14H,1-4H3/q+2/t23-,24-/m1/s1. The highest BCUT2D eigenvalue weighted by Gasteiger charge is 2.84.